The van der Waals surface area contributed by atoms with E-state index in [4.69, 9.17) is 4.74 Å². The van der Waals surface area contributed by atoms with E-state index in [0.717, 1.165) is 26.3 Å². The highest BCUT2D eigenvalue weighted by Crippen LogP contribution is 2.00. The van der Waals surface area contributed by atoms with Gasteiger partial charge in [0, 0.05) is 32.0 Å². The number of rotatable bonds is 4. The van der Waals surface area contributed by atoms with Gasteiger partial charge in [0.25, 0.3) is 0 Å². The van der Waals surface area contributed by atoms with E-state index < -0.39 is 0 Å². The van der Waals surface area contributed by atoms with E-state index in [-0.39, 0.29) is 6.10 Å². The number of hydrogen-bond acceptors (Lipinski definition) is 4. The summed E-state index contributed by atoms with van der Waals surface area (Å²) in [6, 6.07) is 1.86. The number of β-amino-alcohol motifs (C(OH)–C–C–N with tert-alkyl or cyclic N) is 1. The first kappa shape index (κ1) is 10.6. The van der Waals surface area contributed by atoms with Crippen molar-refractivity contribution in [2.75, 3.05) is 32.8 Å². The van der Waals surface area contributed by atoms with Crippen molar-refractivity contribution >= 4 is 0 Å². The molecule has 0 bridgehead atoms. The number of morpholine rings is 1. The highest BCUT2D eigenvalue weighted by atomic mass is 16.5. The van der Waals surface area contributed by atoms with Crippen molar-refractivity contribution in [2.45, 2.75) is 12.6 Å². The van der Waals surface area contributed by atoms with Crippen LogP contribution in [-0.4, -0.2) is 58.7 Å². The van der Waals surface area contributed by atoms with E-state index in [1.807, 2.05) is 12.3 Å². The van der Waals surface area contributed by atoms with Crippen LogP contribution in [0.1, 0.15) is 0 Å². The molecular weight excluding hydrogens is 194 g/mol. The second kappa shape index (κ2) is 5.25. The number of ether oxygens (including phenoxy) is 1. The Labute approximate surface area is 89.3 Å². The number of aliphatic hydroxyl groups excluding tert-OH is 1. The molecule has 1 saturated heterocycles. The zero-order chi connectivity index (χ0) is 10.5. The van der Waals surface area contributed by atoms with E-state index in [1.165, 1.54) is 0 Å². The summed E-state index contributed by atoms with van der Waals surface area (Å²) < 4.78 is 7.00. The lowest BCUT2D eigenvalue weighted by molar-refractivity contribution is 0.0108. The third-order valence-corrected chi connectivity index (χ3v) is 2.53. The molecule has 0 aliphatic carbocycles. The number of aromatic nitrogens is 2. The van der Waals surface area contributed by atoms with E-state index in [1.54, 1.807) is 10.9 Å². The zero-order valence-corrected chi connectivity index (χ0v) is 8.75. The SMILES string of the molecule is O[C@@H](CN1CCOCC1)Cn1cccn1. The first-order valence-electron chi connectivity index (χ1n) is 5.30. The Morgan fingerprint density at radius 1 is 1.33 bits per heavy atom. The first-order valence-corrected chi connectivity index (χ1v) is 5.30. The fourth-order valence-electron chi connectivity index (χ4n) is 1.76. The van der Waals surface area contributed by atoms with Crippen molar-refractivity contribution in [1.82, 2.24) is 14.7 Å². The highest BCUT2D eigenvalue weighted by Gasteiger charge is 2.14. The van der Waals surface area contributed by atoms with Crippen LogP contribution in [0.4, 0.5) is 0 Å². The molecular formula is C10H17N3O2. The summed E-state index contributed by atoms with van der Waals surface area (Å²) in [6.07, 6.45) is 3.23. The van der Waals surface area contributed by atoms with Gasteiger partial charge in [-0.2, -0.15) is 5.10 Å². The molecule has 5 heteroatoms. The predicted molar refractivity (Wildman–Crippen MR) is 55.5 cm³/mol. The Morgan fingerprint density at radius 3 is 2.80 bits per heavy atom. The van der Waals surface area contributed by atoms with Crippen molar-refractivity contribution in [1.29, 1.82) is 0 Å². The van der Waals surface area contributed by atoms with E-state index in [9.17, 15) is 5.11 Å². The Balaban J connectivity index is 1.74. The summed E-state index contributed by atoms with van der Waals surface area (Å²) in [5.41, 5.74) is 0. The van der Waals surface area contributed by atoms with Crippen LogP contribution in [0.2, 0.25) is 0 Å². The summed E-state index contributed by atoms with van der Waals surface area (Å²) in [4.78, 5) is 2.22. The fraction of sp³-hybridized carbons (Fsp3) is 0.700. The Bertz CT molecular complexity index is 270. The molecule has 1 atom stereocenters. The second-order valence-electron chi connectivity index (χ2n) is 3.79. The maximum absolute atomic E-state index is 9.83. The quantitative estimate of drug-likeness (QED) is 0.734. The summed E-state index contributed by atoms with van der Waals surface area (Å²) in [5, 5.41) is 13.9. The van der Waals surface area contributed by atoms with Gasteiger partial charge in [0.15, 0.2) is 0 Å². The predicted octanol–water partition coefficient (Wildman–Crippen LogP) is -0.424. The maximum atomic E-state index is 9.83. The van der Waals surface area contributed by atoms with Crippen molar-refractivity contribution in [3.63, 3.8) is 0 Å². The zero-order valence-electron chi connectivity index (χ0n) is 8.75. The number of hydrogen-bond donors (Lipinski definition) is 1. The average Bonchev–Trinajstić information content (AvgIpc) is 2.71. The number of nitrogens with zero attached hydrogens (tertiary/aromatic N) is 3. The van der Waals surface area contributed by atoms with Crippen LogP contribution in [0.5, 0.6) is 0 Å². The molecule has 0 amide bonds. The van der Waals surface area contributed by atoms with Gasteiger partial charge in [0.1, 0.15) is 0 Å². The highest BCUT2D eigenvalue weighted by molar-refractivity contribution is 4.79. The molecule has 1 aromatic heterocycles. The van der Waals surface area contributed by atoms with Gasteiger partial charge in [-0.25, -0.2) is 0 Å². The van der Waals surface area contributed by atoms with Gasteiger partial charge in [-0.3, -0.25) is 9.58 Å². The molecule has 0 radical (unpaired) electrons. The topological polar surface area (TPSA) is 50.5 Å². The molecule has 5 nitrogen and oxygen atoms in total. The molecule has 0 aromatic carbocycles. The van der Waals surface area contributed by atoms with Crippen LogP contribution in [0.3, 0.4) is 0 Å². The van der Waals surface area contributed by atoms with Gasteiger partial charge in [-0.15, -0.1) is 0 Å². The maximum Gasteiger partial charge on any atom is 0.0862 e. The van der Waals surface area contributed by atoms with Gasteiger partial charge in [-0.1, -0.05) is 0 Å². The van der Waals surface area contributed by atoms with E-state index in [0.29, 0.717) is 13.1 Å². The van der Waals surface area contributed by atoms with Crippen molar-refractivity contribution in [2.24, 2.45) is 0 Å². The minimum Gasteiger partial charge on any atom is -0.390 e. The summed E-state index contributed by atoms with van der Waals surface area (Å²) in [6.45, 7) is 4.63. The lowest BCUT2D eigenvalue weighted by Crippen LogP contribution is -2.42. The molecule has 2 heterocycles. The number of aliphatic hydroxyl groups is 1. The Kier molecular flexibility index (Phi) is 3.71. The summed E-state index contributed by atoms with van der Waals surface area (Å²) in [7, 11) is 0. The molecule has 2 rings (SSSR count). The monoisotopic (exact) mass is 211 g/mol. The van der Waals surface area contributed by atoms with Gasteiger partial charge in [0.05, 0.1) is 25.9 Å². The minimum absolute atomic E-state index is 0.358. The van der Waals surface area contributed by atoms with Crippen LogP contribution in [0.15, 0.2) is 18.5 Å². The molecule has 1 fully saturated rings. The summed E-state index contributed by atoms with van der Waals surface area (Å²) in [5.74, 6) is 0. The van der Waals surface area contributed by atoms with Crippen molar-refractivity contribution in [3.8, 4) is 0 Å². The van der Waals surface area contributed by atoms with Crippen LogP contribution in [0.25, 0.3) is 0 Å². The lowest BCUT2D eigenvalue weighted by atomic mass is 10.3. The molecule has 0 saturated carbocycles. The van der Waals surface area contributed by atoms with Crippen LogP contribution in [-0.2, 0) is 11.3 Å². The second-order valence-corrected chi connectivity index (χ2v) is 3.79. The van der Waals surface area contributed by atoms with E-state index in [2.05, 4.69) is 10.00 Å². The molecule has 0 spiro atoms. The average molecular weight is 211 g/mol. The molecule has 0 unspecified atom stereocenters. The molecule has 1 aromatic rings. The van der Waals surface area contributed by atoms with Gasteiger partial charge >= 0.3 is 0 Å². The minimum atomic E-state index is -0.358. The van der Waals surface area contributed by atoms with Crippen molar-refractivity contribution < 1.29 is 9.84 Å². The molecule has 84 valence electrons. The normalized spacial score (nSPS) is 20.3. The standard InChI is InChI=1S/C10H17N3O2/c14-10(9-13-3-1-2-11-13)8-12-4-6-15-7-5-12/h1-3,10,14H,4-9H2/t10-/m0/s1. The first-order chi connectivity index (χ1) is 7.34. The van der Waals surface area contributed by atoms with Crippen LogP contribution < -0.4 is 0 Å². The third kappa shape index (κ3) is 3.30. The Morgan fingerprint density at radius 2 is 2.13 bits per heavy atom. The van der Waals surface area contributed by atoms with Gasteiger partial charge in [-0.05, 0) is 6.07 Å². The largest absolute Gasteiger partial charge is 0.390 e. The van der Waals surface area contributed by atoms with Gasteiger partial charge < -0.3 is 9.84 Å². The molecule has 1 aliphatic rings. The van der Waals surface area contributed by atoms with Crippen LogP contribution >= 0.6 is 0 Å². The molecule has 15 heavy (non-hydrogen) atoms. The van der Waals surface area contributed by atoms with Crippen LogP contribution in [0, 0.1) is 0 Å². The lowest BCUT2D eigenvalue weighted by Gasteiger charge is -2.28. The Hall–Kier alpha value is -0.910. The van der Waals surface area contributed by atoms with Crippen molar-refractivity contribution in [3.05, 3.63) is 18.5 Å². The third-order valence-electron chi connectivity index (χ3n) is 2.53. The fourth-order valence-corrected chi connectivity index (χ4v) is 1.76. The van der Waals surface area contributed by atoms with Gasteiger partial charge in [0.2, 0.25) is 0 Å². The molecule has 1 aliphatic heterocycles. The summed E-state index contributed by atoms with van der Waals surface area (Å²) >= 11 is 0. The molecule has 1 N–H and O–H groups in total. The van der Waals surface area contributed by atoms with E-state index >= 15 is 0 Å². The smallest absolute Gasteiger partial charge is 0.0862 e.